The maximum atomic E-state index is 14.9. The van der Waals surface area contributed by atoms with E-state index in [0.717, 1.165) is 0 Å². The minimum absolute atomic E-state index is 0.198. The lowest BCUT2D eigenvalue weighted by atomic mass is 9.99. The van der Waals surface area contributed by atoms with E-state index in [0.29, 0.717) is 12.0 Å². The van der Waals surface area contributed by atoms with Crippen LogP contribution in [0.4, 0.5) is 0 Å². The maximum absolute atomic E-state index is 14.9. The normalized spacial score (nSPS) is 14.8. The number of carbonyl (C=O) groups is 18. The predicted molar refractivity (Wildman–Crippen MR) is 431 cm³/mol. The first-order valence-electron chi connectivity index (χ1n) is 38.1. The number of carboxylic acids is 4. The van der Waals surface area contributed by atoms with Crippen LogP contribution >= 0.6 is 25.3 Å². The van der Waals surface area contributed by atoms with Crippen molar-refractivity contribution in [3.63, 3.8) is 0 Å². The summed E-state index contributed by atoms with van der Waals surface area (Å²) in [6.07, 6.45) is -5.21. The molecule has 42 nitrogen and oxygen atoms in total. The molecule has 0 saturated carbocycles. The molecule has 120 heavy (non-hydrogen) atoms. The molecule has 0 unspecified atom stereocenters. The molecule has 44 heteroatoms. The topological polar surface area (TPSA) is 684 Å². The number of hydrogen-bond donors (Lipinski definition) is 26. The largest absolute Gasteiger partial charge is 0.508 e. The molecule has 662 valence electrons. The van der Waals surface area contributed by atoms with Crippen LogP contribution in [-0.2, 0) is 106 Å². The van der Waals surface area contributed by atoms with E-state index >= 15 is 0 Å². The summed E-state index contributed by atoms with van der Waals surface area (Å²) in [7, 11) is 0. The first-order valence-corrected chi connectivity index (χ1v) is 39.3. The van der Waals surface area contributed by atoms with Gasteiger partial charge in [-0.2, -0.15) is 25.3 Å². The number of aliphatic carboxylic acids is 4. The highest BCUT2D eigenvalue weighted by molar-refractivity contribution is 7.80. The number of rotatable bonds is 54. The standard InChI is InChI=1S/C76H109N15O27S2/c1-7-39(6)62(77)75(116)89-54(33-93)72(113)86-49(27-40-11-9-8-10-12-40)69(110)90-56(35-119)73(114)80-45(21-23-59(98)99)64(105)82-47(25-37(2)3)66(107)83-48(26-38(4)5)67(108)87-52(30-61(102)103)71(112)85-50(28-41-13-17-43(95)18-14-41)68(109)84-51(29-42-15-19-44(96)20-16-42)70(111)91-57(36-120)74(115)81-46(22-24-60(100)101)65(106)88-53(32-92)63(104)78-31-58(97)79-55(34-94)76(117)118/h8-20,37-39,45-57,62,92-96,119-120H,7,21-36,77H2,1-6H3,(H,78,104)(H,79,97)(H,80,114)(H,81,115)(H,82,105)(H,83,107)(H,84,109)(H,85,112)(H,86,113)(H,87,108)(H,88,106)(H,89,116)(H,90,110)(H,91,111)(H,98,99)(H,100,101)(H,102,103)(H,117,118)/t39-,45-,46-,47-,48-,49-,50-,51-,52-,53-,54-,55-,56+,57-,62-/m0/s1. The van der Waals surface area contributed by atoms with Gasteiger partial charge in [-0.15, -0.1) is 0 Å². The van der Waals surface area contributed by atoms with Crippen molar-refractivity contribution in [1.29, 1.82) is 0 Å². The third kappa shape index (κ3) is 36.6. The van der Waals surface area contributed by atoms with Gasteiger partial charge in [-0.1, -0.05) is 103 Å². The Bertz CT molecular complexity index is 4020. The number of aliphatic hydroxyl groups excluding tert-OH is 3. The van der Waals surface area contributed by atoms with Gasteiger partial charge in [-0.3, -0.25) is 81.5 Å². The highest BCUT2D eigenvalue weighted by atomic mass is 32.1. The van der Waals surface area contributed by atoms with Crippen LogP contribution in [0, 0.1) is 17.8 Å². The van der Waals surface area contributed by atoms with Gasteiger partial charge in [0.15, 0.2) is 0 Å². The first kappa shape index (κ1) is 102. The minimum Gasteiger partial charge on any atom is -0.508 e. The Kier molecular flexibility index (Phi) is 44.6. The quantitative estimate of drug-likeness (QED) is 0.0234. The van der Waals surface area contributed by atoms with Gasteiger partial charge < -0.3 is 126 Å². The minimum atomic E-state index is -2.11. The third-order valence-electron chi connectivity index (χ3n) is 18.2. The molecule has 3 aromatic carbocycles. The summed E-state index contributed by atoms with van der Waals surface area (Å²) >= 11 is 8.43. The lowest BCUT2D eigenvalue weighted by Crippen LogP contribution is -2.62. The van der Waals surface area contributed by atoms with Crippen molar-refractivity contribution in [1.82, 2.24) is 74.4 Å². The van der Waals surface area contributed by atoms with E-state index in [2.05, 4.69) is 89.1 Å². The third-order valence-corrected chi connectivity index (χ3v) is 19.0. The van der Waals surface area contributed by atoms with Gasteiger partial charge in [-0.25, -0.2) is 4.79 Å². The highest BCUT2D eigenvalue weighted by Gasteiger charge is 2.39. The molecule has 0 aromatic heterocycles. The van der Waals surface area contributed by atoms with Crippen LogP contribution < -0.4 is 80.2 Å². The number of hydrogen-bond acceptors (Lipinski definition) is 26. The number of benzene rings is 3. The molecule has 3 rings (SSSR count). The number of carboxylic acid groups (broad SMARTS) is 4. The SMILES string of the molecule is CC[C@H](C)[C@H](N)C(=O)N[C@@H](CO)C(=O)N[C@@H](Cc1ccccc1)C(=O)N[C@H](CS)C(=O)N[C@@H](CCC(=O)O)C(=O)N[C@@H](CC(C)C)C(=O)N[C@@H](CC(C)C)C(=O)N[C@@H](CC(=O)O)C(=O)N[C@@H](Cc1ccc(O)cc1)C(=O)N[C@@H](Cc1ccc(O)cc1)C(=O)N[C@@H](CS)C(=O)N[C@@H](CCC(=O)O)C(=O)N[C@@H](CO)C(=O)NCC(=O)N[C@@H](CO)C(=O)O. The summed E-state index contributed by atoms with van der Waals surface area (Å²) in [4.78, 5) is 243. The average Bonchev–Trinajstić information content (AvgIpc) is 0.846. The number of carbonyl (C=O) groups excluding carboxylic acids is 14. The van der Waals surface area contributed by atoms with E-state index in [9.17, 15) is 127 Å². The molecule has 0 spiro atoms. The highest BCUT2D eigenvalue weighted by Crippen LogP contribution is 2.18. The van der Waals surface area contributed by atoms with Gasteiger partial charge in [-0.05, 0) is 84.4 Å². The van der Waals surface area contributed by atoms with Crippen LogP contribution in [0.3, 0.4) is 0 Å². The average molecular weight is 1730 g/mol. The van der Waals surface area contributed by atoms with Crippen LogP contribution in [0.1, 0.15) is 110 Å². The second kappa shape index (κ2) is 52.2. The van der Waals surface area contributed by atoms with Gasteiger partial charge >= 0.3 is 23.9 Å². The zero-order valence-corrected chi connectivity index (χ0v) is 68.5. The number of nitrogens with two attached hydrogens (primary N) is 1. The Balaban J connectivity index is 1.99. The Hall–Kier alpha value is -11.7. The van der Waals surface area contributed by atoms with E-state index in [1.807, 2.05) is 10.6 Å². The molecule has 25 N–H and O–H groups in total. The van der Waals surface area contributed by atoms with Crippen molar-refractivity contribution < 1.29 is 132 Å². The number of nitrogens with one attached hydrogen (secondary N) is 14. The molecular weight excluding hydrogens is 1620 g/mol. The van der Waals surface area contributed by atoms with Gasteiger partial charge in [0.2, 0.25) is 82.7 Å². The second-order valence-corrected chi connectivity index (χ2v) is 29.6. The Labute approximate surface area is 700 Å². The summed E-state index contributed by atoms with van der Waals surface area (Å²) in [6.45, 7) is 5.99. The molecule has 0 aliphatic carbocycles. The van der Waals surface area contributed by atoms with E-state index < -0.39 is 286 Å². The summed E-state index contributed by atoms with van der Waals surface area (Å²) < 4.78 is 0. The van der Waals surface area contributed by atoms with Crippen LogP contribution in [0.15, 0.2) is 78.9 Å². The van der Waals surface area contributed by atoms with Crippen LogP contribution in [0.25, 0.3) is 0 Å². The summed E-state index contributed by atoms with van der Waals surface area (Å²) in [5.74, 6) is -24.9. The molecular formula is C76H109N15O27S2. The van der Waals surface area contributed by atoms with Crippen molar-refractivity contribution >= 4 is 132 Å². The Morgan fingerprint density at radius 3 is 1.00 bits per heavy atom. The van der Waals surface area contributed by atoms with Crippen molar-refractivity contribution in [2.45, 2.75) is 197 Å². The van der Waals surface area contributed by atoms with Gasteiger partial charge in [0, 0.05) is 43.6 Å². The number of aliphatic hydroxyl groups is 3. The number of phenols is 2. The second-order valence-electron chi connectivity index (χ2n) is 28.9. The molecule has 3 aromatic rings. The van der Waals surface area contributed by atoms with Crippen molar-refractivity contribution in [3.8, 4) is 11.5 Å². The summed E-state index contributed by atoms with van der Waals surface area (Å²) in [6, 6.07) is -5.50. The van der Waals surface area contributed by atoms with E-state index in [1.54, 1.807) is 71.9 Å². The van der Waals surface area contributed by atoms with Gasteiger partial charge in [0.25, 0.3) is 0 Å². The van der Waals surface area contributed by atoms with Crippen molar-refractivity contribution in [3.05, 3.63) is 95.6 Å². The molecule has 0 radical (unpaired) electrons. The van der Waals surface area contributed by atoms with Crippen LogP contribution in [0.2, 0.25) is 0 Å². The fraction of sp³-hybridized carbons (Fsp3) is 0.526. The fourth-order valence-electron chi connectivity index (χ4n) is 11.3. The Morgan fingerprint density at radius 1 is 0.350 bits per heavy atom. The maximum Gasteiger partial charge on any atom is 0.328 e. The van der Waals surface area contributed by atoms with Crippen molar-refractivity contribution in [2.75, 3.05) is 37.9 Å². The van der Waals surface area contributed by atoms with Gasteiger partial charge in [0.1, 0.15) is 90.0 Å². The number of amides is 14. The number of phenolic OH excluding ortho intramolecular Hbond substituents is 2. The monoisotopic (exact) mass is 1730 g/mol. The van der Waals surface area contributed by atoms with Crippen molar-refractivity contribution in [2.24, 2.45) is 23.5 Å². The first-order chi connectivity index (χ1) is 56.6. The van der Waals surface area contributed by atoms with E-state index in [1.165, 1.54) is 48.5 Å². The van der Waals surface area contributed by atoms with Crippen LogP contribution in [0.5, 0.6) is 11.5 Å². The zero-order valence-electron chi connectivity index (χ0n) is 66.7. The molecule has 14 amide bonds. The zero-order chi connectivity index (χ0) is 90.2. The molecule has 0 bridgehead atoms. The molecule has 15 atom stereocenters. The lowest BCUT2D eigenvalue weighted by Gasteiger charge is -2.29. The van der Waals surface area contributed by atoms with Crippen LogP contribution in [-0.4, -0.2) is 275 Å². The Morgan fingerprint density at radius 2 is 0.650 bits per heavy atom. The van der Waals surface area contributed by atoms with Gasteiger partial charge in [0.05, 0.1) is 38.8 Å². The molecule has 0 aliphatic heterocycles. The molecule has 0 saturated heterocycles. The molecule has 0 heterocycles. The predicted octanol–water partition coefficient (Wildman–Crippen LogP) is -5.86. The summed E-state index contributed by atoms with van der Waals surface area (Å²) in [5, 5.41) is 121. The lowest BCUT2D eigenvalue weighted by molar-refractivity contribution is -0.143. The number of thiol groups is 2. The fourth-order valence-corrected chi connectivity index (χ4v) is 11.9. The number of aromatic hydroxyl groups is 2. The van der Waals surface area contributed by atoms with E-state index in [4.69, 9.17) is 10.8 Å². The summed E-state index contributed by atoms with van der Waals surface area (Å²) in [5.41, 5.74) is 7.01. The smallest absolute Gasteiger partial charge is 0.328 e. The van der Waals surface area contributed by atoms with E-state index in [-0.39, 0.29) is 47.8 Å². The molecule has 0 aliphatic rings. The molecule has 0 fully saturated rings.